The van der Waals surface area contributed by atoms with Crippen LogP contribution in [0.15, 0.2) is 285 Å². The van der Waals surface area contributed by atoms with Crippen LogP contribution < -0.4 is 30.2 Å². The molecule has 2 aliphatic rings. The van der Waals surface area contributed by atoms with Gasteiger partial charge < -0.3 is 0 Å². The molecule has 2 aliphatic heterocycles. The number of fused-ring (bicyclic) bond motifs is 7. The van der Waals surface area contributed by atoms with Crippen LogP contribution in [0.4, 0.5) is 17.1 Å². The van der Waals surface area contributed by atoms with Gasteiger partial charge in [-0.25, -0.2) is 0 Å². The standard InChI is InChI=1S/C72H47BN2Se/c1-7-20-48(21-8-1)54-34-38-65-61(42-54)62-43-55(49-22-9-2-10-23-49)35-39-66(62)74(65)58-46-68-71-70(47-58)76-69-41-37-57(51-26-13-4-14-27-51)45-64(69)73(71)63-44-56(50-24-11-3-12-25-50)36-40-67(63)75(68)72-59(52-28-15-5-16-29-52)32-19-33-60(72)53-30-17-6-18-31-53/h1-47H. The summed E-state index contributed by atoms with van der Waals surface area (Å²) in [5.74, 6) is 0. The van der Waals surface area contributed by atoms with Crippen molar-refractivity contribution in [2.75, 3.05) is 4.90 Å². The Hall–Kier alpha value is -9.18. The Balaban J connectivity index is 1.06. The number of para-hydroxylation sites is 1. The Morgan fingerprint density at radius 1 is 0.289 bits per heavy atom. The van der Waals surface area contributed by atoms with E-state index < -0.39 is 0 Å². The third kappa shape index (κ3) is 7.41. The van der Waals surface area contributed by atoms with Crippen LogP contribution >= 0.6 is 0 Å². The summed E-state index contributed by atoms with van der Waals surface area (Å²) in [6, 6.07) is 106. The van der Waals surface area contributed by atoms with Crippen molar-refractivity contribution in [3.8, 4) is 72.4 Å². The van der Waals surface area contributed by atoms with Crippen molar-refractivity contribution in [3.63, 3.8) is 0 Å². The van der Waals surface area contributed by atoms with Crippen LogP contribution in [0, 0.1) is 0 Å². The Morgan fingerprint density at radius 3 is 1.20 bits per heavy atom. The van der Waals surface area contributed by atoms with Crippen molar-refractivity contribution >= 4 is 85.8 Å². The van der Waals surface area contributed by atoms with E-state index in [-0.39, 0.29) is 21.7 Å². The average Bonchev–Trinajstić information content (AvgIpc) is 3.89. The van der Waals surface area contributed by atoms with Crippen molar-refractivity contribution in [1.82, 2.24) is 4.57 Å². The van der Waals surface area contributed by atoms with Gasteiger partial charge >= 0.3 is 453 Å². The Labute approximate surface area is 450 Å². The summed E-state index contributed by atoms with van der Waals surface area (Å²) in [6.45, 7) is -0.0210. The summed E-state index contributed by atoms with van der Waals surface area (Å²) in [5.41, 5.74) is 25.7. The van der Waals surface area contributed by atoms with Gasteiger partial charge in [0.25, 0.3) is 0 Å². The molecule has 0 bridgehead atoms. The summed E-state index contributed by atoms with van der Waals surface area (Å²) < 4.78 is 5.38. The average molecular weight is 1030 g/mol. The number of nitrogens with zero attached hydrogens (tertiary/aromatic N) is 2. The molecule has 13 aromatic rings. The second kappa shape index (κ2) is 18.3. The third-order valence-corrected chi connectivity index (χ3v) is 18.0. The van der Waals surface area contributed by atoms with Gasteiger partial charge in [0.2, 0.25) is 0 Å². The maximum absolute atomic E-state index is 2.66. The Bertz CT molecular complexity index is 4190. The molecule has 0 atom stereocenters. The second-order valence-corrected chi connectivity index (χ2v) is 22.2. The first-order valence-electron chi connectivity index (χ1n) is 26.2. The zero-order valence-electron chi connectivity index (χ0n) is 41.5. The predicted molar refractivity (Wildman–Crippen MR) is 324 cm³/mol. The summed E-state index contributed by atoms with van der Waals surface area (Å²) in [6.07, 6.45) is 0. The summed E-state index contributed by atoms with van der Waals surface area (Å²) in [7, 11) is 0. The quantitative estimate of drug-likeness (QED) is 0.138. The van der Waals surface area contributed by atoms with Crippen molar-refractivity contribution in [3.05, 3.63) is 285 Å². The molecule has 0 saturated carbocycles. The summed E-state index contributed by atoms with van der Waals surface area (Å²) in [5, 5.41) is 2.47. The van der Waals surface area contributed by atoms with Crippen LogP contribution in [0.25, 0.3) is 94.3 Å². The number of hydrogen-bond acceptors (Lipinski definition) is 1. The molecule has 2 nitrogen and oxygen atoms in total. The molecule has 0 amide bonds. The van der Waals surface area contributed by atoms with Gasteiger partial charge in [0.15, 0.2) is 0 Å². The molecule has 15 rings (SSSR count). The van der Waals surface area contributed by atoms with Gasteiger partial charge in [-0.3, -0.25) is 0 Å². The fourth-order valence-electron chi connectivity index (χ4n) is 12.1. The molecule has 0 fully saturated rings. The zero-order chi connectivity index (χ0) is 50.1. The second-order valence-electron chi connectivity index (χ2n) is 20.0. The van der Waals surface area contributed by atoms with Crippen molar-refractivity contribution < 1.29 is 0 Å². The molecule has 0 radical (unpaired) electrons. The molecule has 0 N–H and O–H groups in total. The molecule has 0 aliphatic carbocycles. The molecule has 1 aromatic heterocycles. The molecule has 3 heterocycles. The summed E-state index contributed by atoms with van der Waals surface area (Å²) in [4.78, 5) is 2.66. The zero-order valence-corrected chi connectivity index (χ0v) is 43.2. The van der Waals surface area contributed by atoms with E-state index in [1.807, 2.05) is 0 Å². The van der Waals surface area contributed by atoms with E-state index in [0.29, 0.717) is 0 Å². The van der Waals surface area contributed by atoms with Crippen molar-refractivity contribution in [2.24, 2.45) is 0 Å². The van der Waals surface area contributed by atoms with Crippen LogP contribution in [0.2, 0.25) is 0 Å². The monoisotopic (exact) mass is 1030 g/mol. The molecule has 354 valence electrons. The van der Waals surface area contributed by atoms with Crippen LogP contribution in [0.5, 0.6) is 0 Å². The number of aromatic nitrogens is 1. The molecule has 76 heavy (non-hydrogen) atoms. The van der Waals surface area contributed by atoms with Crippen molar-refractivity contribution in [2.45, 2.75) is 0 Å². The fraction of sp³-hybridized carbons (Fsp3) is 0. The van der Waals surface area contributed by atoms with E-state index in [4.69, 9.17) is 0 Å². The van der Waals surface area contributed by atoms with E-state index in [0.717, 1.165) is 5.69 Å². The minimum absolute atomic E-state index is 0.0210. The predicted octanol–water partition coefficient (Wildman–Crippen LogP) is 15.1. The number of anilines is 3. The molecular weight excluding hydrogens is 983 g/mol. The van der Waals surface area contributed by atoms with Gasteiger partial charge in [-0.1, -0.05) is 0 Å². The Morgan fingerprint density at radius 2 is 0.711 bits per heavy atom. The number of benzene rings is 12. The molecule has 12 aromatic carbocycles. The fourth-order valence-corrected chi connectivity index (χ4v) is 14.6. The first kappa shape index (κ1) is 44.3. The van der Waals surface area contributed by atoms with Crippen LogP contribution in [0.1, 0.15) is 0 Å². The van der Waals surface area contributed by atoms with Gasteiger partial charge in [0.05, 0.1) is 0 Å². The van der Waals surface area contributed by atoms with Crippen LogP contribution in [-0.4, -0.2) is 26.2 Å². The Kier molecular flexibility index (Phi) is 10.7. The van der Waals surface area contributed by atoms with Crippen LogP contribution in [-0.2, 0) is 0 Å². The molecular formula is C72H47BN2Se. The third-order valence-electron chi connectivity index (χ3n) is 15.6. The van der Waals surface area contributed by atoms with Gasteiger partial charge in [-0.05, 0) is 0 Å². The van der Waals surface area contributed by atoms with Gasteiger partial charge in [-0.15, -0.1) is 0 Å². The van der Waals surface area contributed by atoms with Gasteiger partial charge in [0, 0.05) is 0 Å². The topological polar surface area (TPSA) is 8.17 Å². The maximum atomic E-state index is 2.66. The van der Waals surface area contributed by atoms with E-state index in [1.54, 1.807) is 0 Å². The molecule has 0 unspecified atom stereocenters. The minimum atomic E-state index is -0.0255. The van der Waals surface area contributed by atoms with Gasteiger partial charge in [-0.2, -0.15) is 0 Å². The van der Waals surface area contributed by atoms with E-state index in [1.165, 1.54) is 131 Å². The first-order chi connectivity index (χ1) is 37.7. The van der Waals surface area contributed by atoms with E-state index >= 15 is 0 Å². The SMILES string of the molecule is c1ccc(-c2ccc3c(c2)B2c4cc(-c5ccccc5)ccc4N(c4c(-c5ccccc5)cccc4-c4ccccc4)c4cc(-n5c6ccc(-c7ccccc7)cc6c6cc(-c7ccccc7)ccc65)cc(c42)[Se]3)cc1. The van der Waals surface area contributed by atoms with E-state index in [9.17, 15) is 0 Å². The number of hydrogen-bond donors (Lipinski definition) is 0. The molecule has 0 saturated heterocycles. The molecule has 4 heteroatoms. The summed E-state index contributed by atoms with van der Waals surface area (Å²) >= 11 is -0.0255. The molecule has 0 spiro atoms. The number of rotatable bonds is 8. The first-order valence-corrected chi connectivity index (χ1v) is 27.9. The normalized spacial score (nSPS) is 12.4. The van der Waals surface area contributed by atoms with Crippen LogP contribution in [0.3, 0.4) is 0 Å². The van der Waals surface area contributed by atoms with Gasteiger partial charge in [0.1, 0.15) is 0 Å². The van der Waals surface area contributed by atoms with E-state index in [2.05, 4.69) is 295 Å². The van der Waals surface area contributed by atoms with Crippen molar-refractivity contribution in [1.29, 1.82) is 0 Å².